The Kier molecular flexibility index (Phi) is 3.93. The van der Waals surface area contributed by atoms with Gasteiger partial charge in [-0.2, -0.15) is 0 Å². The van der Waals surface area contributed by atoms with Crippen molar-refractivity contribution in [3.8, 4) is 0 Å². The molecule has 1 heterocycles. The lowest BCUT2D eigenvalue weighted by molar-refractivity contribution is -0.136. The van der Waals surface area contributed by atoms with E-state index in [1.165, 1.54) is 37.1 Å². The number of carboxylic acids is 1. The zero-order valence-electron chi connectivity index (χ0n) is 9.32. The number of aromatic nitrogens is 1. The molecule has 1 saturated carbocycles. The molecule has 0 spiro atoms. The van der Waals surface area contributed by atoms with Gasteiger partial charge in [-0.1, -0.05) is 19.3 Å². The van der Waals surface area contributed by atoms with Crippen LogP contribution in [0.5, 0.6) is 0 Å². The Hall–Kier alpha value is -0.900. The van der Waals surface area contributed by atoms with Gasteiger partial charge in [0.25, 0.3) is 0 Å². The summed E-state index contributed by atoms with van der Waals surface area (Å²) < 4.78 is 0. The lowest BCUT2D eigenvalue weighted by Crippen LogP contribution is -2.03. The Morgan fingerprint density at radius 2 is 2.19 bits per heavy atom. The van der Waals surface area contributed by atoms with E-state index >= 15 is 0 Å². The zero-order valence-corrected chi connectivity index (χ0v) is 10.1. The lowest BCUT2D eigenvalue weighted by atomic mass is 9.90. The summed E-state index contributed by atoms with van der Waals surface area (Å²) in [6.45, 7) is 0. The van der Waals surface area contributed by atoms with E-state index in [2.05, 4.69) is 4.98 Å². The fourth-order valence-corrected chi connectivity index (χ4v) is 3.29. The van der Waals surface area contributed by atoms with Crippen molar-refractivity contribution in [3.05, 3.63) is 16.1 Å². The summed E-state index contributed by atoms with van der Waals surface area (Å²) in [6, 6.07) is 0. The molecule has 88 valence electrons. The number of hydrogen-bond acceptors (Lipinski definition) is 3. The van der Waals surface area contributed by atoms with Crippen molar-refractivity contribution < 1.29 is 9.90 Å². The molecule has 2 rings (SSSR count). The predicted molar refractivity (Wildman–Crippen MR) is 63.9 cm³/mol. The summed E-state index contributed by atoms with van der Waals surface area (Å²) in [5.74, 6) is -0.0926. The Morgan fingerprint density at radius 3 is 2.88 bits per heavy atom. The van der Waals surface area contributed by atoms with Crippen molar-refractivity contribution in [3.63, 3.8) is 0 Å². The van der Waals surface area contributed by atoms with Crippen molar-refractivity contribution in [2.45, 2.75) is 50.9 Å². The van der Waals surface area contributed by atoms with Gasteiger partial charge < -0.3 is 5.11 Å². The van der Waals surface area contributed by atoms with Gasteiger partial charge in [-0.25, -0.2) is 4.98 Å². The highest BCUT2D eigenvalue weighted by atomic mass is 32.1. The number of thiazole rings is 1. The molecular weight excluding hydrogens is 222 g/mol. The summed E-state index contributed by atoms with van der Waals surface area (Å²) in [6.07, 6.45) is 9.19. The first-order chi connectivity index (χ1) is 7.75. The van der Waals surface area contributed by atoms with E-state index < -0.39 is 5.97 Å². The van der Waals surface area contributed by atoms with Crippen molar-refractivity contribution in [2.75, 3.05) is 0 Å². The van der Waals surface area contributed by atoms with Gasteiger partial charge in [0.1, 0.15) is 0 Å². The SMILES string of the molecule is O=C(O)CCc1cnc(C2CCCCC2)s1. The topological polar surface area (TPSA) is 50.2 Å². The molecule has 0 amide bonds. The van der Waals surface area contributed by atoms with Crippen LogP contribution in [0.3, 0.4) is 0 Å². The van der Waals surface area contributed by atoms with Crippen molar-refractivity contribution in [1.29, 1.82) is 0 Å². The number of carbonyl (C=O) groups is 1. The first-order valence-electron chi connectivity index (χ1n) is 5.92. The van der Waals surface area contributed by atoms with Crippen LogP contribution in [0.15, 0.2) is 6.20 Å². The third-order valence-corrected chi connectivity index (χ3v) is 4.33. The molecule has 1 aliphatic carbocycles. The van der Waals surface area contributed by atoms with E-state index in [4.69, 9.17) is 5.11 Å². The summed E-state index contributed by atoms with van der Waals surface area (Å²) in [7, 11) is 0. The Labute approximate surface area is 99.5 Å². The monoisotopic (exact) mass is 239 g/mol. The minimum absolute atomic E-state index is 0.215. The van der Waals surface area contributed by atoms with E-state index in [9.17, 15) is 4.79 Å². The smallest absolute Gasteiger partial charge is 0.303 e. The molecule has 0 aliphatic heterocycles. The second-order valence-electron chi connectivity index (χ2n) is 4.39. The highest BCUT2D eigenvalue weighted by molar-refractivity contribution is 7.11. The Balaban J connectivity index is 1.93. The maximum Gasteiger partial charge on any atom is 0.303 e. The normalized spacial score (nSPS) is 17.5. The van der Waals surface area contributed by atoms with Crippen LogP contribution in [0.1, 0.15) is 54.3 Å². The molecule has 0 bridgehead atoms. The number of rotatable bonds is 4. The van der Waals surface area contributed by atoms with E-state index in [-0.39, 0.29) is 6.42 Å². The van der Waals surface area contributed by atoms with E-state index in [0.717, 1.165) is 4.88 Å². The van der Waals surface area contributed by atoms with Crippen LogP contribution in [-0.2, 0) is 11.2 Å². The molecule has 1 fully saturated rings. The molecule has 0 saturated heterocycles. The van der Waals surface area contributed by atoms with Gasteiger partial charge >= 0.3 is 5.97 Å². The molecule has 0 atom stereocenters. The second-order valence-corrected chi connectivity index (χ2v) is 5.54. The molecule has 1 aromatic heterocycles. The molecule has 16 heavy (non-hydrogen) atoms. The third-order valence-electron chi connectivity index (χ3n) is 3.11. The van der Waals surface area contributed by atoms with Gasteiger partial charge in [0.2, 0.25) is 0 Å². The van der Waals surface area contributed by atoms with Crippen molar-refractivity contribution in [2.24, 2.45) is 0 Å². The van der Waals surface area contributed by atoms with Crippen molar-refractivity contribution in [1.82, 2.24) is 4.98 Å². The molecular formula is C12H17NO2S. The highest BCUT2D eigenvalue weighted by Gasteiger charge is 2.18. The second kappa shape index (κ2) is 5.43. The fraction of sp³-hybridized carbons (Fsp3) is 0.667. The van der Waals surface area contributed by atoms with Crippen LogP contribution < -0.4 is 0 Å². The van der Waals surface area contributed by atoms with Gasteiger partial charge in [0.05, 0.1) is 11.4 Å². The summed E-state index contributed by atoms with van der Waals surface area (Å²) >= 11 is 1.71. The lowest BCUT2D eigenvalue weighted by Gasteiger charge is -2.18. The van der Waals surface area contributed by atoms with Crippen LogP contribution >= 0.6 is 11.3 Å². The summed E-state index contributed by atoms with van der Waals surface area (Å²) in [5, 5.41) is 9.84. The molecule has 1 N–H and O–H groups in total. The summed E-state index contributed by atoms with van der Waals surface area (Å²) in [4.78, 5) is 16.0. The van der Waals surface area contributed by atoms with Crippen LogP contribution in [0.25, 0.3) is 0 Å². The van der Waals surface area contributed by atoms with Gasteiger partial charge in [0, 0.05) is 17.0 Å². The minimum atomic E-state index is -0.729. The van der Waals surface area contributed by atoms with Crippen LogP contribution in [0, 0.1) is 0 Å². The van der Waals surface area contributed by atoms with Crippen molar-refractivity contribution >= 4 is 17.3 Å². The highest BCUT2D eigenvalue weighted by Crippen LogP contribution is 2.34. The van der Waals surface area contributed by atoms with E-state index in [1.54, 1.807) is 11.3 Å². The molecule has 1 aliphatic rings. The summed E-state index contributed by atoms with van der Waals surface area (Å²) in [5.41, 5.74) is 0. The molecule has 0 unspecified atom stereocenters. The number of aryl methyl sites for hydroxylation is 1. The van der Waals surface area contributed by atoms with Crippen LogP contribution in [0.4, 0.5) is 0 Å². The minimum Gasteiger partial charge on any atom is -0.481 e. The number of hydrogen-bond donors (Lipinski definition) is 1. The molecule has 3 nitrogen and oxygen atoms in total. The average molecular weight is 239 g/mol. The standard InChI is InChI=1S/C12H17NO2S/c14-11(15)7-6-10-8-13-12(16-10)9-4-2-1-3-5-9/h8-9H,1-7H2,(H,14,15). The quantitative estimate of drug-likeness (QED) is 0.877. The third kappa shape index (κ3) is 3.04. The number of aliphatic carboxylic acids is 1. The largest absolute Gasteiger partial charge is 0.481 e. The molecule has 1 aromatic rings. The maximum absolute atomic E-state index is 10.5. The van der Waals surface area contributed by atoms with Gasteiger partial charge in [-0.15, -0.1) is 11.3 Å². The van der Waals surface area contributed by atoms with Crippen LogP contribution in [0.2, 0.25) is 0 Å². The van der Waals surface area contributed by atoms with Gasteiger partial charge in [0.15, 0.2) is 0 Å². The zero-order chi connectivity index (χ0) is 11.4. The van der Waals surface area contributed by atoms with E-state index in [0.29, 0.717) is 12.3 Å². The van der Waals surface area contributed by atoms with Gasteiger partial charge in [-0.3, -0.25) is 4.79 Å². The molecule has 4 heteroatoms. The number of carboxylic acid groups (broad SMARTS) is 1. The fourth-order valence-electron chi connectivity index (χ4n) is 2.21. The Morgan fingerprint density at radius 1 is 1.44 bits per heavy atom. The maximum atomic E-state index is 10.5. The first-order valence-corrected chi connectivity index (χ1v) is 6.74. The first kappa shape index (κ1) is 11.6. The average Bonchev–Trinajstić information content (AvgIpc) is 2.76. The van der Waals surface area contributed by atoms with Crippen LogP contribution in [-0.4, -0.2) is 16.1 Å². The predicted octanol–water partition coefficient (Wildman–Crippen LogP) is 3.21. The molecule has 0 radical (unpaired) electrons. The Bertz CT molecular complexity index is 356. The number of nitrogens with zero attached hydrogens (tertiary/aromatic N) is 1. The van der Waals surface area contributed by atoms with E-state index in [1.807, 2.05) is 6.20 Å². The molecule has 0 aromatic carbocycles. The van der Waals surface area contributed by atoms with Gasteiger partial charge in [-0.05, 0) is 19.3 Å².